The van der Waals surface area contributed by atoms with Gasteiger partial charge in [0.1, 0.15) is 12.6 Å². The van der Waals surface area contributed by atoms with Gasteiger partial charge >= 0.3 is 65.1 Å². The number of carbonyl (C=O) groups excluding carboxylic acids is 1. The zero-order valence-corrected chi connectivity index (χ0v) is 27.0. The van der Waals surface area contributed by atoms with Gasteiger partial charge in [0.05, 0.1) is 26.9 Å². The number of nitrogens with one attached hydrogen (secondary N) is 2. The van der Waals surface area contributed by atoms with Crippen LogP contribution in [0.25, 0.3) is 17.2 Å². The predicted molar refractivity (Wildman–Crippen MR) is 131 cm³/mol. The average Bonchev–Trinajstić information content (AvgIpc) is 3.56. The van der Waals surface area contributed by atoms with E-state index in [2.05, 4.69) is 42.3 Å². The van der Waals surface area contributed by atoms with Crippen molar-refractivity contribution >= 4 is 36.9 Å². The minimum atomic E-state index is -5.15. The van der Waals surface area contributed by atoms with E-state index >= 15 is 0 Å². The molecule has 3 heterocycles. The second-order valence-electron chi connectivity index (χ2n) is 9.17. The number of phosphoric acid groups is 1. The van der Waals surface area contributed by atoms with Crippen LogP contribution in [0.4, 0.5) is 10.6 Å². The largest absolute Gasteiger partial charge is 1.00 e. The topological polar surface area (TPSA) is 166 Å². The summed E-state index contributed by atoms with van der Waals surface area (Å²) in [4.78, 5) is 47.3. The first-order chi connectivity index (χ1) is 17.8. The molecule has 1 aromatic carbocycles. The molecule has 1 unspecified atom stereocenters. The maximum absolute atomic E-state index is 12.0. The summed E-state index contributed by atoms with van der Waals surface area (Å²) in [5, 5.41) is 5.32. The Morgan fingerprint density at radius 2 is 1.92 bits per heavy atom. The van der Waals surface area contributed by atoms with E-state index in [-0.39, 0.29) is 89.3 Å². The number of imidazole rings is 1. The number of phosphoric ester groups is 1. The Morgan fingerprint density at radius 1 is 1.18 bits per heavy atom. The average molecular weight is 572 g/mol. The van der Waals surface area contributed by atoms with Crippen LogP contribution < -0.4 is 79.5 Å². The van der Waals surface area contributed by atoms with Gasteiger partial charge in [0.15, 0.2) is 17.0 Å². The first-order valence-electron chi connectivity index (χ1n) is 12.1. The van der Waals surface area contributed by atoms with Crippen molar-refractivity contribution in [3.63, 3.8) is 0 Å². The zero-order chi connectivity index (χ0) is 26.0. The van der Waals surface area contributed by atoms with Crippen molar-refractivity contribution in [2.24, 2.45) is 17.8 Å². The molecule has 1 aliphatic heterocycles. The maximum Gasteiger partial charge on any atom is 1.00 e. The quantitative estimate of drug-likeness (QED) is 0.203. The van der Waals surface area contributed by atoms with E-state index in [9.17, 15) is 19.1 Å². The Morgan fingerprint density at radius 3 is 2.64 bits per heavy atom. The van der Waals surface area contributed by atoms with Crippen molar-refractivity contribution in [1.29, 1.82) is 0 Å². The molecule has 196 valence electrons. The SMILES string of the molecule is CCNC(=O)Nc1ncnc2c1ncn2[C@@H]1O[C@H](COP(=O)([O-])[O-])C2C[C@H](/C=C/c3ccccc3)C[C@@H]21.[Na+].[Na+]. The van der Waals surface area contributed by atoms with Gasteiger partial charge in [0.25, 0.3) is 0 Å². The molecule has 2 amide bonds. The number of benzene rings is 1. The summed E-state index contributed by atoms with van der Waals surface area (Å²) in [6.45, 7) is 1.92. The Kier molecular flexibility index (Phi) is 11.7. The minimum absolute atomic E-state index is 0. The number of allylic oxidation sites excluding steroid dienone is 1. The summed E-state index contributed by atoms with van der Waals surface area (Å²) in [6, 6.07) is 9.56. The molecule has 5 atom stereocenters. The molecule has 0 radical (unpaired) electrons. The van der Waals surface area contributed by atoms with Gasteiger partial charge in [-0.1, -0.05) is 42.5 Å². The molecule has 39 heavy (non-hydrogen) atoms. The van der Waals surface area contributed by atoms with E-state index in [1.807, 2.05) is 30.3 Å². The predicted octanol–water partition coefficient (Wildman–Crippen LogP) is -3.93. The number of hydrogen-bond donors (Lipinski definition) is 2. The van der Waals surface area contributed by atoms with Crippen LogP contribution in [-0.2, 0) is 13.8 Å². The molecular weight excluding hydrogens is 545 g/mol. The van der Waals surface area contributed by atoms with Gasteiger partial charge in [0.2, 0.25) is 0 Å². The van der Waals surface area contributed by atoms with Gasteiger partial charge in [-0.25, -0.2) is 19.7 Å². The molecule has 15 heteroatoms. The van der Waals surface area contributed by atoms with Crippen LogP contribution in [0, 0.1) is 17.8 Å². The Hall–Kier alpha value is -1.15. The standard InChI is InChI=1S/C24H29N6O6P.2Na/c1-2-25-24(31)29-21-20-22(27-13-26-21)30(14-28-20)23-18-11-16(9-8-15-6-4-3-5-7-15)10-17(18)19(36-23)12-35-37(32,33)34;;/h3-9,13-14,16-19,23H,2,10-12H2,1H3,(H2,32,33,34)(H2,25,26,27,29,31);;/q;2*+1/p-2/b9-8+;;/t16-,17?,18-,19+,23+;;/m0../s1. The van der Waals surface area contributed by atoms with Crippen LogP contribution >= 0.6 is 7.82 Å². The summed E-state index contributed by atoms with van der Waals surface area (Å²) >= 11 is 0. The van der Waals surface area contributed by atoms with Gasteiger partial charge in [-0.2, -0.15) is 0 Å². The van der Waals surface area contributed by atoms with Gasteiger partial charge in [0, 0.05) is 12.5 Å². The third-order valence-corrected chi connectivity index (χ3v) is 7.28. The molecule has 3 aromatic rings. The number of urea groups is 1. The monoisotopic (exact) mass is 572 g/mol. The second kappa shape index (κ2) is 14.2. The van der Waals surface area contributed by atoms with E-state index in [4.69, 9.17) is 4.74 Å². The Balaban J connectivity index is 0.00000210. The first-order valence-corrected chi connectivity index (χ1v) is 13.6. The fourth-order valence-corrected chi connectivity index (χ4v) is 5.62. The van der Waals surface area contributed by atoms with Crippen molar-refractivity contribution in [2.75, 3.05) is 18.5 Å². The van der Waals surface area contributed by atoms with E-state index in [1.165, 1.54) is 6.33 Å². The number of carbonyl (C=O) groups is 1. The van der Waals surface area contributed by atoms with Gasteiger partial charge in [-0.3, -0.25) is 9.88 Å². The number of nitrogens with zero attached hydrogens (tertiary/aromatic N) is 4. The van der Waals surface area contributed by atoms with Crippen LogP contribution in [0.2, 0.25) is 0 Å². The minimum Gasteiger partial charge on any atom is -0.790 e. The first kappa shape index (κ1) is 32.4. The summed E-state index contributed by atoms with van der Waals surface area (Å²) in [5.74, 6) is 0.464. The smallest absolute Gasteiger partial charge is 0.790 e. The van der Waals surface area contributed by atoms with E-state index in [0.717, 1.165) is 18.4 Å². The van der Waals surface area contributed by atoms with Gasteiger partial charge < -0.3 is 28.9 Å². The summed E-state index contributed by atoms with van der Waals surface area (Å²) in [5.41, 5.74) is 1.96. The molecular formula is C24H27N6Na2O6P. The number of fused-ring (bicyclic) bond motifs is 2. The van der Waals surface area contributed by atoms with Crippen LogP contribution in [-0.4, -0.2) is 44.8 Å². The third-order valence-electron chi connectivity index (χ3n) is 6.82. The third kappa shape index (κ3) is 7.78. The molecule has 2 aliphatic rings. The normalized spacial score (nSPS) is 24.2. The maximum atomic E-state index is 12.0. The molecule has 2 aromatic heterocycles. The molecule has 5 rings (SSSR count). The van der Waals surface area contributed by atoms with Crippen molar-refractivity contribution in [2.45, 2.75) is 32.1 Å². The Bertz CT molecular complexity index is 1340. The number of amides is 2. The van der Waals surface area contributed by atoms with E-state index in [0.29, 0.717) is 17.7 Å². The van der Waals surface area contributed by atoms with E-state index in [1.54, 1.807) is 17.8 Å². The van der Waals surface area contributed by atoms with E-state index < -0.39 is 26.2 Å². The summed E-state index contributed by atoms with van der Waals surface area (Å²) < 4.78 is 23.8. The van der Waals surface area contributed by atoms with Crippen molar-refractivity contribution in [1.82, 2.24) is 24.8 Å². The molecule has 0 spiro atoms. The van der Waals surface area contributed by atoms with Crippen LogP contribution in [0.5, 0.6) is 0 Å². The van der Waals surface area contributed by atoms with Crippen molar-refractivity contribution < 1.29 is 87.5 Å². The van der Waals surface area contributed by atoms with Crippen LogP contribution in [0.15, 0.2) is 49.1 Å². The van der Waals surface area contributed by atoms with Crippen LogP contribution in [0.3, 0.4) is 0 Å². The number of hydrogen-bond acceptors (Lipinski definition) is 9. The van der Waals surface area contributed by atoms with Gasteiger partial charge in [-0.05, 0) is 37.2 Å². The fraction of sp³-hybridized carbons (Fsp3) is 0.417. The zero-order valence-electron chi connectivity index (χ0n) is 22.1. The van der Waals surface area contributed by atoms with Crippen LogP contribution in [0.1, 0.15) is 31.6 Å². The Labute approximate surface area is 270 Å². The molecule has 2 N–H and O–H groups in total. The number of ether oxygens (including phenoxy) is 1. The molecule has 1 saturated carbocycles. The summed E-state index contributed by atoms with van der Waals surface area (Å²) in [7, 11) is -5.15. The number of aromatic nitrogens is 4. The number of anilines is 1. The van der Waals surface area contributed by atoms with Crippen molar-refractivity contribution in [3.05, 3.63) is 54.6 Å². The molecule has 1 saturated heterocycles. The fourth-order valence-electron chi connectivity index (χ4n) is 5.29. The molecule has 2 fully saturated rings. The summed E-state index contributed by atoms with van der Waals surface area (Å²) in [6.07, 6.45) is 7.60. The second-order valence-corrected chi connectivity index (χ2v) is 10.3. The molecule has 12 nitrogen and oxygen atoms in total. The molecule has 0 bridgehead atoms. The molecule has 1 aliphatic carbocycles. The number of rotatable bonds is 8. The van der Waals surface area contributed by atoms with Gasteiger partial charge in [-0.15, -0.1) is 0 Å². The van der Waals surface area contributed by atoms with Crippen molar-refractivity contribution in [3.8, 4) is 0 Å².